The number of para-hydroxylation sites is 1. The number of methoxy groups -OCH3 is 1. The predicted molar refractivity (Wildman–Crippen MR) is 62.0 cm³/mol. The molecule has 1 aromatic heterocycles. The molecule has 0 aliphatic heterocycles. The maximum Gasteiger partial charge on any atom is 0.354 e. The molecule has 2 aromatic rings. The number of carbonyl (C=O) groups is 1. The lowest BCUT2D eigenvalue weighted by molar-refractivity contribution is 0.0595. The van der Waals surface area contributed by atoms with Crippen molar-refractivity contribution in [2.24, 2.45) is 0 Å². The van der Waals surface area contributed by atoms with E-state index in [9.17, 15) is 4.79 Å². The van der Waals surface area contributed by atoms with E-state index >= 15 is 0 Å². The molecule has 0 unspecified atom stereocenters. The summed E-state index contributed by atoms with van der Waals surface area (Å²) < 4.78 is 4.61. The number of carbonyl (C=O) groups excluding carboxylic acids is 1. The zero-order chi connectivity index (χ0) is 11.5. The first-order chi connectivity index (χ1) is 7.72. The highest BCUT2D eigenvalue weighted by molar-refractivity contribution is 5.90. The van der Waals surface area contributed by atoms with Crippen LogP contribution in [0.2, 0.25) is 0 Å². The number of rotatable bonds is 2. The number of ether oxygens (including phenoxy) is 1. The van der Waals surface area contributed by atoms with Crippen LogP contribution in [0.25, 0.3) is 11.1 Å². The summed E-state index contributed by atoms with van der Waals surface area (Å²) in [6.45, 7) is 0. The Hall–Kier alpha value is -2.23. The van der Waals surface area contributed by atoms with Crippen molar-refractivity contribution < 1.29 is 9.53 Å². The molecule has 0 aliphatic rings. The van der Waals surface area contributed by atoms with Gasteiger partial charge in [-0.25, -0.2) is 4.79 Å². The molecule has 0 atom stereocenters. The fourth-order valence-electron chi connectivity index (χ4n) is 1.54. The summed E-state index contributed by atoms with van der Waals surface area (Å²) >= 11 is 0. The van der Waals surface area contributed by atoms with Gasteiger partial charge in [0.2, 0.25) is 0 Å². The first-order valence-corrected chi connectivity index (χ1v) is 4.84. The number of nitrogens with two attached hydrogens (primary N) is 1. The maximum absolute atomic E-state index is 11.3. The van der Waals surface area contributed by atoms with Crippen molar-refractivity contribution in [1.82, 2.24) is 4.98 Å². The van der Waals surface area contributed by atoms with Crippen LogP contribution >= 0.6 is 0 Å². The van der Waals surface area contributed by atoms with E-state index in [0.717, 1.165) is 11.1 Å². The van der Waals surface area contributed by atoms with Gasteiger partial charge in [-0.2, -0.15) is 0 Å². The quantitative estimate of drug-likeness (QED) is 0.596. The zero-order valence-corrected chi connectivity index (χ0v) is 8.86. The molecule has 0 amide bonds. The van der Waals surface area contributed by atoms with Crippen LogP contribution in [-0.4, -0.2) is 18.1 Å². The number of H-pyrrole nitrogens is 1. The monoisotopic (exact) mass is 216 g/mol. The third kappa shape index (κ3) is 1.77. The molecular weight excluding hydrogens is 204 g/mol. The Morgan fingerprint density at radius 1 is 1.38 bits per heavy atom. The molecule has 0 fully saturated rings. The Labute approximate surface area is 93.0 Å². The second kappa shape index (κ2) is 4.10. The average molecular weight is 216 g/mol. The summed E-state index contributed by atoms with van der Waals surface area (Å²) in [5.41, 5.74) is 8.71. The van der Waals surface area contributed by atoms with Crippen LogP contribution in [0.3, 0.4) is 0 Å². The van der Waals surface area contributed by atoms with Crippen LogP contribution < -0.4 is 5.73 Å². The minimum Gasteiger partial charge on any atom is -0.464 e. The van der Waals surface area contributed by atoms with Crippen LogP contribution in [0, 0.1) is 0 Å². The summed E-state index contributed by atoms with van der Waals surface area (Å²) in [5.74, 6) is -0.388. The summed E-state index contributed by atoms with van der Waals surface area (Å²) in [7, 11) is 1.35. The number of benzene rings is 1. The molecule has 4 nitrogen and oxygen atoms in total. The summed E-state index contributed by atoms with van der Waals surface area (Å²) in [5, 5.41) is 0. The number of hydrogen-bond acceptors (Lipinski definition) is 3. The fourth-order valence-corrected chi connectivity index (χ4v) is 1.54. The fraction of sp³-hybridized carbons (Fsp3) is 0.0833. The Morgan fingerprint density at radius 2 is 2.12 bits per heavy atom. The predicted octanol–water partition coefficient (Wildman–Crippen LogP) is 2.05. The highest BCUT2D eigenvalue weighted by atomic mass is 16.5. The van der Waals surface area contributed by atoms with Crippen LogP contribution in [0.1, 0.15) is 10.5 Å². The number of hydrogen-bond donors (Lipinski definition) is 2. The van der Waals surface area contributed by atoms with Gasteiger partial charge in [0.15, 0.2) is 0 Å². The smallest absolute Gasteiger partial charge is 0.354 e. The third-order valence-corrected chi connectivity index (χ3v) is 2.36. The molecule has 1 heterocycles. The van der Waals surface area contributed by atoms with E-state index in [1.54, 1.807) is 12.3 Å². The Balaban J connectivity index is 2.39. The standard InChI is InChI=1S/C12H12N2O2/c1-16-12(15)11-6-8(7-14-11)9-4-2-3-5-10(9)13/h2-7,14H,13H2,1H3. The largest absolute Gasteiger partial charge is 0.464 e. The molecule has 2 rings (SSSR count). The van der Waals surface area contributed by atoms with Crippen molar-refractivity contribution in [3.8, 4) is 11.1 Å². The lowest BCUT2D eigenvalue weighted by Gasteiger charge is -2.01. The van der Waals surface area contributed by atoms with E-state index in [2.05, 4.69) is 9.72 Å². The van der Waals surface area contributed by atoms with Gasteiger partial charge in [0, 0.05) is 23.0 Å². The molecule has 1 aromatic carbocycles. The topological polar surface area (TPSA) is 68.1 Å². The molecule has 0 saturated carbocycles. The number of nitrogen functional groups attached to an aromatic ring is 1. The Kier molecular flexibility index (Phi) is 2.64. The highest BCUT2D eigenvalue weighted by Gasteiger charge is 2.10. The molecule has 3 N–H and O–H groups in total. The number of nitrogens with one attached hydrogen (secondary N) is 1. The molecule has 0 spiro atoms. The first-order valence-electron chi connectivity index (χ1n) is 4.84. The molecule has 0 saturated heterocycles. The second-order valence-electron chi connectivity index (χ2n) is 3.38. The van der Waals surface area contributed by atoms with Gasteiger partial charge in [0.1, 0.15) is 5.69 Å². The van der Waals surface area contributed by atoms with Gasteiger partial charge in [0.25, 0.3) is 0 Å². The van der Waals surface area contributed by atoms with Crippen LogP contribution in [-0.2, 0) is 4.74 Å². The third-order valence-electron chi connectivity index (χ3n) is 2.36. The van der Waals surface area contributed by atoms with Crippen molar-refractivity contribution in [3.63, 3.8) is 0 Å². The number of aromatic amines is 1. The van der Waals surface area contributed by atoms with E-state index in [1.807, 2.05) is 24.3 Å². The molecule has 0 radical (unpaired) electrons. The minimum absolute atomic E-state index is 0.388. The van der Waals surface area contributed by atoms with Crippen molar-refractivity contribution in [1.29, 1.82) is 0 Å². The highest BCUT2D eigenvalue weighted by Crippen LogP contribution is 2.25. The molecule has 16 heavy (non-hydrogen) atoms. The van der Waals surface area contributed by atoms with Gasteiger partial charge >= 0.3 is 5.97 Å². The van der Waals surface area contributed by atoms with Crippen molar-refractivity contribution in [2.75, 3.05) is 12.8 Å². The first kappa shape index (κ1) is 10.3. The Bertz CT molecular complexity index is 517. The molecular formula is C12H12N2O2. The minimum atomic E-state index is -0.388. The van der Waals surface area contributed by atoms with E-state index in [4.69, 9.17) is 5.73 Å². The van der Waals surface area contributed by atoms with Gasteiger partial charge in [-0.1, -0.05) is 18.2 Å². The van der Waals surface area contributed by atoms with Crippen LogP contribution in [0.5, 0.6) is 0 Å². The number of anilines is 1. The van der Waals surface area contributed by atoms with Gasteiger partial charge in [0.05, 0.1) is 7.11 Å². The molecule has 82 valence electrons. The van der Waals surface area contributed by atoms with Crippen molar-refractivity contribution in [2.45, 2.75) is 0 Å². The van der Waals surface area contributed by atoms with Crippen molar-refractivity contribution >= 4 is 11.7 Å². The van der Waals surface area contributed by atoms with E-state index < -0.39 is 0 Å². The lowest BCUT2D eigenvalue weighted by atomic mass is 10.1. The SMILES string of the molecule is COC(=O)c1cc(-c2ccccc2N)c[nH]1. The average Bonchev–Trinajstić information content (AvgIpc) is 2.78. The summed E-state index contributed by atoms with van der Waals surface area (Å²) in [6, 6.07) is 9.21. The van der Waals surface area contributed by atoms with Crippen LogP contribution in [0.15, 0.2) is 36.5 Å². The van der Waals surface area contributed by atoms with E-state index in [1.165, 1.54) is 7.11 Å². The zero-order valence-electron chi connectivity index (χ0n) is 8.86. The summed E-state index contributed by atoms with van der Waals surface area (Å²) in [4.78, 5) is 14.1. The molecule has 0 bridgehead atoms. The maximum atomic E-state index is 11.3. The van der Waals surface area contributed by atoms with E-state index in [-0.39, 0.29) is 5.97 Å². The number of esters is 1. The number of aromatic nitrogens is 1. The Morgan fingerprint density at radius 3 is 2.81 bits per heavy atom. The van der Waals surface area contributed by atoms with Crippen LogP contribution in [0.4, 0.5) is 5.69 Å². The van der Waals surface area contributed by atoms with Gasteiger partial charge in [-0.15, -0.1) is 0 Å². The van der Waals surface area contributed by atoms with Gasteiger partial charge < -0.3 is 15.5 Å². The van der Waals surface area contributed by atoms with E-state index in [0.29, 0.717) is 11.4 Å². The molecule has 4 heteroatoms. The van der Waals surface area contributed by atoms with Gasteiger partial charge in [-0.05, 0) is 12.1 Å². The van der Waals surface area contributed by atoms with Gasteiger partial charge in [-0.3, -0.25) is 0 Å². The molecule has 0 aliphatic carbocycles. The lowest BCUT2D eigenvalue weighted by Crippen LogP contribution is -2.00. The summed E-state index contributed by atoms with van der Waals surface area (Å²) in [6.07, 6.45) is 1.73. The second-order valence-corrected chi connectivity index (χ2v) is 3.38. The normalized spacial score (nSPS) is 10.1. The van der Waals surface area contributed by atoms with Crippen molar-refractivity contribution in [3.05, 3.63) is 42.2 Å².